The lowest BCUT2D eigenvalue weighted by molar-refractivity contribution is -0.137. The number of fused-ring (bicyclic) bond motifs is 2. The molecule has 8 nitrogen and oxygen atoms in total. The number of nitrogens with zero attached hydrogens (tertiary/aromatic N) is 2. The van der Waals surface area contributed by atoms with Crippen molar-refractivity contribution in [2.75, 3.05) is 10.2 Å². The van der Waals surface area contributed by atoms with Crippen LogP contribution >= 0.6 is 23.1 Å². The molecule has 1 saturated heterocycles. The Bertz CT molecular complexity index is 1740. The molecular weight excluding hydrogens is 579 g/mol. The predicted molar refractivity (Wildman–Crippen MR) is 146 cm³/mol. The lowest BCUT2D eigenvalue weighted by Gasteiger charge is -2.29. The maximum absolute atomic E-state index is 13.8. The van der Waals surface area contributed by atoms with E-state index < -0.39 is 51.4 Å². The topological polar surface area (TPSA) is 102 Å². The van der Waals surface area contributed by atoms with E-state index in [9.17, 15) is 32.3 Å². The number of carbonyl (C=O) groups is 3. The maximum Gasteiger partial charge on any atom is 0.416 e. The van der Waals surface area contributed by atoms with Crippen LogP contribution in [0.1, 0.15) is 27.7 Å². The molecule has 4 heterocycles. The summed E-state index contributed by atoms with van der Waals surface area (Å²) >= 11 is 1.81. The number of nitrogens with one attached hydrogen (secondary N) is 1. The summed E-state index contributed by atoms with van der Waals surface area (Å²) in [6, 6.07) is 14.4. The second kappa shape index (κ2) is 10.1. The number of alkyl halides is 3. The van der Waals surface area contributed by atoms with Crippen LogP contribution < -0.4 is 15.1 Å². The summed E-state index contributed by atoms with van der Waals surface area (Å²) in [7, 11) is 0. The van der Waals surface area contributed by atoms with Crippen LogP contribution in [0.2, 0.25) is 0 Å². The van der Waals surface area contributed by atoms with Crippen molar-refractivity contribution in [3.8, 4) is 0 Å². The lowest BCUT2D eigenvalue weighted by atomic mass is 9.87. The van der Waals surface area contributed by atoms with E-state index in [1.165, 1.54) is 16.9 Å². The zero-order chi connectivity index (χ0) is 29.1. The van der Waals surface area contributed by atoms with Gasteiger partial charge in [-0.3, -0.25) is 23.7 Å². The number of amides is 3. The maximum atomic E-state index is 13.8. The minimum absolute atomic E-state index is 0.193. The largest absolute Gasteiger partial charge is 0.469 e. The number of furan rings is 1. The standard InChI is InChI=1S/C28H20F3N3O5S2/c1-14-5-2-7-16(11-14)32-19(35)13-33-26-23(41-27(33)38)20(18-9-4-10-39-18)21-22(40-26)25(37)34(24(21)36)17-8-3-6-15(12-17)28(29,30)31/h2-12,20-22H,13H2,1H3,(H,32,35)/t20-,21?,22?/m1/s1. The van der Waals surface area contributed by atoms with Gasteiger partial charge in [-0.2, -0.15) is 13.2 Å². The van der Waals surface area contributed by atoms with Crippen molar-refractivity contribution in [1.82, 2.24) is 4.57 Å². The fourth-order valence-corrected chi connectivity index (χ4v) is 7.93. The Balaban J connectivity index is 1.38. The summed E-state index contributed by atoms with van der Waals surface area (Å²) in [4.78, 5) is 54.2. The second-order valence-electron chi connectivity index (χ2n) is 9.66. The van der Waals surface area contributed by atoms with E-state index in [1.54, 1.807) is 30.3 Å². The molecule has 3 atom stereocenters. The van der Waals surface area contributed by atoms with Gasteiger partial charge in [-0.15, -0.1) is 0 Å². The third-order valence-corrected chi connectivity index (χ3v) is 9.54. The summed E-state index contributed by atoms with van der Waals surface area (Å²) < 4.78 is 47.1. The van der Waals surface area contributed by atoms with Crippen molar-refractivity contribution < 1.29 is 32.0 Å². The number of thiazole rings is 1. The molecule has 0 spiro atoms. The molecule has 2 unspecified atom stereocenters. The van der Waals surface area contributed by atoms with Gasteiger partial charge in [-0.05, 0) is 55.0 Å². The van der Waals surface area contributed by atoms with Crippen molar-refractivity contribution in [1.29, 1.82) is 0 Å². The molecule has 0 bridgehead atoms. The van der Waals surface area contributed by atoms with Crippen molar-refractivity contribution in [2.45, 2.75) is 35.8 Å². The average Bonchev–Trinajstić information content (AvgIpc) is 3.61. The van der Waals surface area contributed by atoms with Gasteiger partial charge in [-0.25, -0.2) is 4.90 Å². The number of hydrogen-bond acceptors (Lipinski definition) is 7. The smallest absolute Gasteiger partial charge is 0.416 e. The van der Waals surface area contributed by atoms with E-state index in [-0.39, 0.29) is 12.2 Å². The first-order chi connectivity index (χ1) is 19.5. The van der Waals surface area contributed by atoms with Gasteiger partial charge < -0.3 is 9.73 Å². The molecule has 0 aliphatic carbocycles. The van der Waals surface area contributed by atoms with Gasteiger partial charge in [0.1, 0.15) is 17.6 Å². The van der Waals surface area contributed by atoms with E-state index in [4.69, 9.17) is 4.42 Å². The first kappa shape index (κ1) is 27.1. The van der Waals surface area contributed by atoms with Crippen molar-refractivity contribution >= 4 is 52.2 Å². The summed E-state index contributed by atoms with van der Waals surface area (Å²) in [5, 5.41) is 2.04. The molecule has 2 aromatic carbocycles. The van der Waals surface area contributed by atoms with Crippen LogP contribution in [0.4, 0.5) is 24.5 Å². The van der Waals surface area contributed by atoms with E-state index in [2.05, 4.69) is 5.32 Å². The third-order valence-electron chi connectivity index (χ3n) is 6.93. The fraction of sp³-hybridized carbons (Fsp3) is 0.214. The second-order valence-corrected chi connectivity index (χ2v) is 11.8. The van der Waals surface area contributed by atoms with Gasteiger partial charge in [0.2, 0.25) is 17.7 Å². The summed E-state index contributed by atoms with van der Waals surface area (Å²) in [5.41, 5.74) is 0.307. The van der Waals surface area contributed by atoms with Crippen LogP contribution in [0.3, 0.4) is 0 Å². The average molecular weight is 600 g/mol. The zero-order valence-corrected chi connectivity index (χ0v) is 22.8. The lowest BCUT2D eigenvalue weighted by Crippen LogP contribution is -2.32. The van der Waals surface area contributed by atoms with Crippen molar-refractivity contribution in [3.63, 3.8) is 0 Å². The number of thioether (sulfide) groups is 1. The number of aryl methyl sites for hydroxylation is 1. The Labute approximate surface area is 238 Å². The number of benzene rings is 2. The molecule has 0 radical (unpaired) electrons. The number of anilines is 2. The van der Waals surface area contributed by atoms with Crippen LogP contribution in [0.15, 0.2) is 81.2 Å². The van der Waals surface area contributed by atoms with Crippen LogP contribution in [-0.4, -0.2) is 27.5 Å². The normalized spacial score (nSPS) is 20.2. The van der Waals surface area contributed by atoms with E-state index in [0.717, 1.165) is 51.8 Å². The summed E-state index contributed by atoms with van der Waals surface area (Å²) in [6.07, 6.45) is -3.27. The van der Waals surface area contributed by atoms with E-state index >= 15 is 0 Å². The molecule has 210 valence electrons. The minimum Gasteiger partial charge on any atom is -0.469 e. The van der Waals surface area contributed by atoms with Crippen LogP contribution in [-0.2, 0) is 27.1 Å². The van der Waals surface area contributed by atoms with Crippen LogP contribution in [0.5, 0.6) is 0 Å². The molecule has 2 aliphatic rings. The molecular formula is C28H20F3N3O5S2. The highest BCUT2D eigenvalue weighted by Gasteiger charge is 2.57. The Kier molecular flexibility index (Phi) is 6.65. The SMILES string of the molecule is Cc1cccc(NC(=O)Cn2c3c(sc2=O)[C@H](c2ccco2)C2C(=O)N(c4cccc(C(F)(F)F)c4)C(=O)C2S3)c1. The number of aromatic nitrogens is 1. The molecule has 1 fully saturated rings. The number of halogens is 3. The van der Waals surface area contributed by atoms with Gasteiger partial charge in [-0.1, -0.05) is 41.3 Å². The van der Waals surface area contributed by atoms with Gasteiger partial charge in [0, 0.05) is 5.69 Å². The van der Waals surface area contributed by atoms with Crippen molar-refractivity contribution in [2.24, 2.45) is 5.92 Å². The zero-order valence-electron chi connectivity index (χ0n) is 21.2. The van der Waals surface area contributed by atoms with Gasteiger partial charge in [0.15, 0.2) is 0 Å². The summed E-state index contributed by atoms with van der Waals surface area (Å²) in [5.74, 6) is -3.42. The molecule has 4 aromatic rings. The monoisotopic (exact) mass is 599 g/mol. The Hall–Kier alpha value is -4.10. The van der Waals surface area contributed by atoms with E-state index in [0.29, 0.717) is 21.4 Å². The van der Waals surface area contributed by atoms with Crippen LogP contribution in [0.25, 0.3) is 0 Å². The third kappa shape index (κ3) is 4.78. The molecule has 3 amide bonds. The minimum atomic E-state index is -4.67. The first-order valence-corrected chi connectivity index (χ1v) is 14.1. The molecule has 2 aromatic heterocycles. The van der Waals surface area contributed by atoms with Crippen LogP contribution in [0, 0.1) is 12.8 Å². The number of hydrogen-bond donors (Lipinski definition) is 1. The Morgan fingerprint density at radius 2 is 1.80 bits per heavy atom. The molecule has 2 aliphatic heterocycles. The highest BCUT2D eigenvalue weighted by molar-refractivity contribution is 8.00. The number of rotatable bonds is 5. The van der Waals surface area contributed by atoms with Gasteiger partial charge >= 0.3 is 11.0 Å². The summed E-state index contributed by atoms with van der Waals surface area (Å²) in [6.45, 7) is 1.53. The van der Waals surface area contributed by atoms with E-state index in [1.807, 2.05) is 13.0 Å². The van der Waals surface area contributed by atoms with Gasteiger partial charge in [0.25, 0.3) is 0 Å². The Morgan fingerprint density at radius 3 is 2.51 bits per heavy atom. The molecule has 13 heteroatoms. The predicted octanol–water partition coefficient (Wildman–Crippen LogP) is 5.26. The highest BCUT2D eigenvalue weighted by Crippen LogP contribution is 2.54. The van der Waals surface area contributed by atoms with Crippen molar-refractivity contribution in [3.05, 3.63) is 98.4 Å². The molecule has 0 saturated carbocycles. The Morgan fingerprint density at radius 1 is 1.02 bits per heavy atom. The fourth-order valence-electron chi connectivity index (χ4n) is 5.17. The molecule has 6 rings (SSSR count). The quantitative estimate of drug-likeness (QED) is 0.314. The number of imide groups is 1. The molecule has 1 N–H and O–H groups in total. The first-order valence-electron chi connectivity index (χ1n) is 12.4. The van der Waals surface area contributed by atoms with Gasteiger partial charge in [0.05, 0.1) is 39.3 Å². The molecule has 41 heavy (non-hydrogen) atoms. The number of carbonyl (C=O) groups excluding carboxylic acids is 3. The highest BCUT2D eigenvalue weighted by atomic mass is 32.2.